The standard InChI is InChI=1S/C16H22N4O4S/c21-15(14-1-3-17-12-18-14)20-10-16(11-20)13(2-8-25(16,22)23)9-19-4-6-24-7-5-19/h1,3,12-13H,2,4-11H2. The van der Waals surface area contributed by atoms with Gasteiger partial charge in [-0.1, -0.05) is 0 Å². The molecule has 0 radical (unpaired) electrons. The third-order valence-corrected chi connectivity index (χ3v) is 8.29. The summed E-state index contributed by atoms with van der Waals surface area (Å²) in [6.45, 7) is 4.39. The molecule has 3 fully saturated rings. The van der Waals surface area contributed by atoms with Crippen molar-refractivity contribution in [2.45, 2.75) is 11.2 Å². The molecule has 0 bridgehead atoms. The Hall–Kier alpha value is -1.58. The quantitative estimate of drug-likeness (QED) is 0.708. The highest BCUT2D eigenvalue weighted by Crippen LogP contribution is 2.45. The molecule has 4 rings (SSSR count). The Balaban J connectivity index is 1.48. The summed E-state index contributed by atoms with van der Waals surface area (Å²) < 4.78 is 30.0. The monoisotopic (exact) mass is 366 g/mol. The largest absolute Gasteiger partial charge is 0.379 e. The van der Waals surface area contributed by atoms with Gasteiger partial charge in [-0.05, 0) is 18.4 Å². The Morgan fingerprint density at radius 1 is 1.32 bits per heavy atom. The summed E-state index contributed by atoms with van der Waals surface area (Å²) in [5.41, 5.74) is 0.310. The number of rotatable bonds is 3. The molecule has 25 heavy (non-hydrogen) atoms. The van der Waals surface area contributed by atoms with E-state index in [1.54, 1.807) is 11.0 Å². The van der Waals surface area contributed by atoms with E-state index in [9.17, 15) is 13.2 Å². The lowest BCUT2D eigenvalue weighted by atomic mass is 9.82. The van der Waals surface area contributed by atoms with Crippen molar-refractivity contribution in [3.8, 4) is 0 Å². The first-order valence-corrected chi connectivity index (χ1v) is 10.2. The number of hydrogen-bond acceptors (Lipinski definition) is 7. The van der Waals surface area contributed by atoms with Gasteiger partial charge >= 0.3 is 0 Å². The molecular formula is C16H22N4O4S. The van der Waals surface area contributed by atoms with Crippen LogP contribution in [0.25, 0.3) is 0 Å². The second-order valence-electron chi connectivity index (χ2n) is 7.04. The lowest BCUT2D eigenvalue weighted by molar-refractivity contribution is 0.0139. The Morgan fingerprint density at radius 3 is 2.76 bits per heavy atom. The number of morpholine rings is 1. The lowest BCUT2D eigenvalue weighted by Gasteiger charge is -2.50. The zero-order valence-electron chi connectivity index (χ0n) is 14.0. The average molecular weight is 366 g/mol. The molecule has 136 valence electrons. The summed E-state index contributed by atoms with van der Waals surface area (Å²) in [5, 5.41) is 0. The van der Waals surface area contributed by atoms with Crippen molar-refractivity contribution in [2.75, 3.05) is 51.7 Å². The first kappa shape index (κ1) is 16.9. The summed E-state index contributed by atoms with van der Waals surface area (Å²) in [4.78, 5) is 24.1. The number of hydrogen-bond donors (Lipinski definition) is 0. The van der Waals surface area contributed by atoms with Crippen molar-refractivity contribution >= 4 is 15.7 Å². The van der Waals surface area contributed by atoms with E-state index in [4.69, 9.17) is 4.74 Å². The molecular weight excluding hydrogens is 344 g/mol. The second-order valence-corrected chi connectivity index (χ2v) is 9.49. The van der Waals surface area contributed by atoms with Crippen LogP contribution >= 0.6 is 0 Å². The molecule has 3 aliphatic rings. The molecule has 3 saturated heterocycles. The highest BCUT2D eigenvalue weighted by Gasteiger charge is 2.62. The van der Waals surface area contributed by atoms with E-state index < -0.39 is 14.6 Å². The van der Waals surface area contributed by atoms with E-state index in [0.29, 0.717) is 25.3 Å². The number of amides is 1. The number of aromatic nitrogens is 2. The number of sulfone groups is 1. The van der Waals surface area contributed by atoms with Crippen LogP contribution in [0.5, 0.6) is 0 Å². The summed E-state index contributed by atoms with van der Waals surface area (Å²) in [7, 11) is -3.18. The van der Waals surface area contributed by atoms with Gasteiger partial charge in [0.05, 0.1) is 19.0 Å². The van der Waals surface area contributed by atoms with Gasteiger partial charge in [0.15, 0.2) is 9.84 Å². The number of ether oxygens (including phenoxy) is 1. The lowest BCUT2D eigenvalue weighted by Crippen LogP contribution is -2.69. The number of likely N-dealkylation sites (tertiary alicyclic amines) is 1. The number of nitrogens with zero attached hydrogens (tertiary/aromatic N) is 4. The van der Waals surface area contributed by atoms with Gasteiger partial charge in [0.2, 0.25) is 0 Å². The third kappa shape index (κ3) is 2.84. The first-order chi connectivity index (χ1) is 12.0. The van der Waals surface area contributed by atoms with Gasteiger partial charge in [0.1, 0.15) is 16.8 Å². The fourth-order valence-corrected chi connectivity index (χ4v) is 6.55. The van der Waals surface area contributed by atoms with E-state index in [1.165, 1.54) is 12.5 Å². The molecule has 1 spiro atoms. The average Bonchev–Trinajstić information content (AvgIpc) is 2.85. The maximum atomic E-state index is 12.7. The van der Waals surface area contributed by atoms with Crippen LogP contribution in [0.2, 0.25) is 0 Å². The van der Waals surface area contributed by atoms with E-state index in [1.807, 2.05) is 0 Å². The molecule has 4 heterocycles. The van der Waals surface area contributed by atoms with Crippen LogP contribution in [0.3, 0.4) is 0 Å². The van der Waals surface area contributed by atoms with Crippen LogP contribution in [-0.2, 0) is 14.6 Å². The molecule has 0 aromatic carbocycles. The van der Waals surface area contributed by atoms with E-state index in [2.05, 4.69) is 14.9 Å². The molecule has 9 heteroatoms. The van der Waals surface area contributed by atoms with Crippen LogP contribution < -0.4 is 0 Å². The molecule has 8 nitrogen and oxygen atoms in total. The molecule has 1 unspecified atom stereocenters. The molecule has 0 aliphatic carbocycles. The molecule has 1 amide bonds. The summed E-state index contributed by atoms with van der Waals surface area (Å²) in [5.74, 6) is 0.0719. The van der Waals surface area contributed by atoms with Crippen molar-refractivity contribution in [3.05, 3.63) is 24.3 Å². The van der Waals surface area contributed by atoms with E-state index >= 15 is 0 Å². The van der Waals surface area contributed by atoms with E-state index in [0.717, 1.165) is 19.6 Å². The first-order valence-electron chi connectivity index (χ1n) is 8.59. The number of carbonyl (C=O) groups is 1. The van der Waals surface area contributed by atoms with Crippen LogP contribution in [0.15, 0.2) is 18.6 Å². The van der Waals surface area contributed by atoms with Crippen LogP contribution in [-0.4, -0.2) is 90.5 Å². The normalized spacial score (nSPS) is 28.0. The highest BCUT2D eigenvalue weighted by molar-refractivity contribution is 7.93. The molecule has 1 aromatic rings. The van der Waals surface area contributed by atoms with Gasteiger partial charge in [-0.25, -0.2) is 18.4 Å². The smallest absolute Gasteiger partial charge is 0.272 e. The molecule has 0 saturated carbocycles. The molecule has 3 aliphatic heterocycles. The summed E-state index contributed by atoms with van der Waals surface area (Å²) in [6, 6.07) is 1.56. The predicted molar refractivity (Wildman–Crippen MR) is 89.8 cm³/mol. The summed E-state index contributed by atoms with van der Waals surface area (Å²) >= 11 is 0. The van der Waals surface area contributed by atoms with Crippen molar-refractivity contribution in [1.82, 2.24) is 19.8 Å². The van der Waals surface area contributed by atoms with Crippen LogP contribution in [0.4, 0.5) is 0 Å². The molecule has 1 atom stereocenters. The van der Waals surface area contributed by atoms with Crippen molar-refractivity contribution < 1.29 is 17.9 Å². The maximum absolute atomic E-state index is 12.7. The minimum absolute atomic E-state index is 0.0741. The summed E-state index contributed by atoms with van der Waals surface area (Å²) in [6.07, 6.45) is 3.52. The minimum Gasteiger partial charge on any atom is -0.379 e. The SMILES string of the molecule is O=C(c1ccncn1)N1CC2(C1)C(CN1CCOCC1)CCS2(=O)=O. The van der Waals surface area contributed by atoms with Crippen molar-refractivity contribution in [3.63, 3.8) is 0 Å². The predicted octanol–water partition coefficient (Wildman–Crippen LogP) is -0.562. The fraction of sp³-hybridized carbons (Fsp3) is 0.688. The molecule has 1 aromatic heterocycles. The molecule has 0 N–H and O–H groups in total. The zero-order chi connectivity index (χ0) is 17.5. The van der Waals surface area contributed by atoms with E-state index in [-0.39, 0.29) is 30.7 Å². The van der Waals surface area contributed by atoms with Gasteiger partial charge in [-0.15, -0.1) is 0 Å². The third-order valence-electron chi connectivity index (χ3n) is 5.69. The fourth-order valence-electron chi connectivity index (χ4n) is 4.15. The van der Waals surface area contributed by atoms with Gasteiger partial charge in [0.25, 0.3) is 5.91 Å². The van der Waals surface area contributed by atoms with Crippen molar-refractivity contribution in [1.29, 1.82) is 0 Å². The van der Waals surface area contributed by atoms with Crippen molar-refractivity contribution in [2.24, 2.45) is 5.92 Å². The highest BCUT2D eigenvalue weighted by atomic mass is 32.2. The number of carbonyl (C=O) groups excluding carboxylic acids is 1. The second kappa shape index (κ2) is 6.30. The Bertz CT molecular complexity index is 743. The van der Waals surface area contributed by atoms with Crippen LogP contribution in [0.1, 0.15) is 16.9 Å². The minimum atomic E-state index is -3.18. The maximum Gasteiger partial charge on any atom is 0.272 e. The Kier molecular flexibility index (Phi) is 4.25. The zero-order valence-corrected chi connectivity index (χ0v) is 14.8. The van der Waals surface area contributed by atoms with Crippen LogP contribution in [0, 0.1) is 5.92 Å². The Labute approximate surface area is 147 Å². The topological polar surface area (TPSA) is 92.7 Å². The Morgan fingerprint density at radius 2 is 2.08 bits per heavy atom. The van der Waals surface area contributed by atoms with Gasteiger partial charge in [-0.2, -0.15) is 0 Å². The van der Waals surface area contributed by atoms with Gasteiger partial charge < -0.3 is 9.64 Å². The van der Waals surface area contributed by atoms with Gasteiger partial charge in [-0.3, -0.25) is 9.69 Å². The van der Waals surface area contributed by atoms with Gasteiger partial charge in [0, 0.05) is 38.9 Å².